The lowest BCUT2D eigenvalue weighted by Gasteiger charge is -2.34. The second-order valence-electron chi connectivity index (χ2n) is 8.75. The summed E-state index contributed by atoms with van der Waals surface area (Å²) in [7, 11) is 0. The zero-order chi connectivity index (χ0) is 26.4. The first-order valence-corrected chi connectivity index (χ1v) is 12.4. The van der Waals surface area contributed by atoms with Gasteiger partial charge in [-0.05, 0) is 60.9 Å². The van der Waals surface area contributed by atoms with Crippen molar-refractivity contribution in [3.63, 3.8) is 0 Å². The highest BCUT2D eigenvalue weighted by atomic mass is 35.5. The van der Waals surface area contributed by atoms with E-state index in [0.717, 1.165) is 16.7 Å². The number of benzene rings is 2. The van der Waals surface area contributed by atoms with Crippen molar-refractivity contribution in [1.82, 2.24) is 15.2 Å². The van der Waals surface area contributed by atoms with Gasteiger partial charge in [0.1, 0.15) is 0 Å². The van der Waals surface area contributed by atoms with Gasteiger partial charge >= 0.3 is 5.97 Å². The Labute approximate surface area is 221 Å². The molecule has 2 heterocycles. The lowest BCUT2D eigenvalue weighted by atomic mass is 9.83. The highest BCUT2D eigenvalue weighted by Gasteiger charge is 2.37. The Morgan fingerprint density at radius 3 is 2.57 bits per heavy atom. The van der Waals surface area contributed by atoms with Gasteiger partial charge in [0.15, 0.2) is 0 Å². The first-order chi connectivity index (χ1) is 17.9. The molecule has 1 atom stereocenters. The molecular weight excluding hydrogens is 490 g/mol. The van der Waals surface area contributed by atoms with E-state index >= 15 is 0 Å². The Balaban J connectivity index is 1.53. The van der Waals surface area contributed by atoms with Gasteiger partial charge in [-0.3, -0.25) is 14.6 Å². The summed E-state index contributed by atoms with van der Waals surface area (Å²) in [6.07, 6.45) is 3.51. The van der Waals surface area contributed by atoms with Crippen LogP contribution in [0.5, 0.6) is 0 Å². The van der Waals surface area contributed by atoms with Crippen LogP contribution in [-0.2, 0) is 27.4 Å². The molecule has 0 aliphatic carbocycles. The molecule has 1 aliphatic heterocycles. The number of pyridine rings is 1. The van der Waals surface area contributed by atoms with Crippen LogP contribution in [0, 0.1) is 0 Å². The smallest absolute Gasteiger partial charge is 0.336 e. The monoisotopic (exact) mass is 517 g/mol. The molecule has 0 spiro atoms. The molecule has 0 bridgehead atoms. The van der Waals surface area contributed by atoms with Crippen molar-refractivity contribution in [1.29, 1.82) is 0 Å². The van der Waals surface area contributed by atoms with E-state index in [1.54, 1.807) is 61.5 Å². The molecule has 0 saturated heterocycles. The van der Waals surface area contributed by atoms with Crippen molar-refractivity contribution < 1.29 is 19.1 Å². The van der Waals surface area contributed by atoms with Gasteiger partial charge in [0.05, 0.1) is 18.7 Å². The molecule has 4 rings (SSSR count). The third-order valence-corrected chi connectivity index (χ3v) is 6.54. The van der Waals surface area contributed by atoms with Crippen molar-refractivity contribution >= 4 is 29.4 Å². The number of carbonyl (C=O) groups excluding carboxylic acids is 3. The molecule has 1 unspecified atom stereocenters. The molecule has 8 heteroatoms. The van der Waals surface area contributed by atoms with E-state index in [1.165, 1.54) is 0 Å². The number of carbonyl (C=O) groups is 3. The summed E-state index contributed by atoms with van der Waals surface area (Å²) in [5.41, 5.74) is 4.06. The van der Waals surface area contributed by atoms with E-state index in [9.17, 15) is 14.4 Å². The highest BCUT2D eigenvalue weighted by molar-refractivity contribution is 6.30. The predicted octanol–water partition coefficient (Wildman–Crippen LogP) is 5.02. The van der Waals surface area contributed by atoms with E-state index in [2.05, 4.69) is 10.3 Å². The molecule has 3 aromatic rings. The minimum absolute atomic E-state index is 0.103. The van der Waals surface area contributed by atoms with Crippen LogP contribution in [0.3, 0.4) is 0 Å². The van der Waals surface area contributed by atoms with Gasteiger partial charge in [-0.2, -0.15) is 0 Å². The fourth-order valence-electron chi connectivity index (χ4n) is 4.42. The second-order valence-corrected chi connectivity index (χ2v) is 9.19. The average molecular weight is 518 g/mol. The summed E-state index contributed by atoms with van der Waals surface area (Å²) >= 11 is 6.19. The van der Waals surface area contributed by atoms with Gasteiger partial charge in [0.25, 0.3) is 5.91 Å². The molecule has 7 nitrogen and oxygen atoms in total. The maximum Gasteiger partial charge on any atom is 0.336 e. The van der Waals surface area contributed by atoms with Gasteiger partial charge in [-0.1, -0.05) is 41.9 Å². The Bertz CT molecular complexity index is 1320. The Hall–Kier alpha value is -3.97. The fraction of sp³-hybridized carbons (Fsp3) is 0.241. The average Bonchev–Trinajstić information content (AvgIpc) is 2.90. The molecule has 1 aromatic heterocycles. The van der Waals surface area contributed by atoms with E-state index in [0.29, 0.717) is 28.4 Å². The van der Waals surface area contributed by atoms with Crippen LogP contribution in [0.25, 0.3) is 0 Å². The summed E-state index contributed by atoms with van der Waals surface area (Å²) in [5.74, 6) is -1.18. The molecule has 0 saturated carbocycles. The van der Waals surface area contributed by atoms with Gasteiger partial charge in [-0.15, -0.1) is 0 Å². The standard InChI is InChI=1S/C29H28ClN3O4/c1-3-37-29(36)27-19(2)33(26(34)15-25(27)23-7-4-8-24(30)14-23)18-20-9-11-22(12-10-20)28(35)32-17-21-6-5-13-31-16-21/h4-14,16,25H,3,15,17-18H2,1-2H3,(H,32,35). The molecule has 190 valence electrons. The zero-order valence-electron chi connectivity index (χ0n) is 20.7. The third-order valence-electron chi connectivity index (χ3n) is 6.30. The minimum atomic E-state index is -0.442. The summed E-state index contributed by atoms with van der Waals surface area (Å²) in [5, 5.41) is 3.41. The van der Waals surface area contributed by atoms with Crippen molar-refractivity contribution in [3.8, 4) is 0 Å². The fourth-order valence-corrected chi connectivity index (χ4v) is 4.61. The van der Waals surface area contributed by atoms with Crippen LogP contribution in [0.1, 0.15) is 53.2 Å². The van der Waals surface area contributed by atoms with Crippen molar-refractivity contribution in [3.05, 3.63) is 112 Å². The number of aromatic nitrogens is 1. The first-order valence-electron chi connectivity index (χ1n) is 12.1. The summed E-state index contributed by atoms with van der Waals surface area (Å²) in [4.78, 5) is 44.4. The van der Waals surface area contributed by atoms with Crippen LogP contribution < -0.4 is 5.32 Å². The number of hydrogen-bond donors (Lipinski definition) is 1. The number of halogens is 1. The highest BCUT2D eigenvalue weighted by Crippen LogP contribution is 2.38. The summed E-state index contributed by atoms with van der Waals surface area (Å²) < 4.78 is 5.35. The van der Waals surface area contributed by atoms with E-state index in [4.69, 9.17) is 16.3 Å². The van der Waals surface area contributed by atoms with Gasteiger partial charge < -0.3 is 15.0 Å². The number of ether oxygens (including phenoxy) is 1. The molecule has 2 aromatic carbocycles. The Kier molecular flexibility index (Phi) is 8.36. The second kappa shape index (κ2) is 11.8. The molecule has 0 fully saturated rings. The maximum absolute atomic E-state index is 13.2. The number of esters is 1. The quantitative estimate of drug-likeness (QED) is 0.424. The van der Waals surface area contributed by atoms with E-state index < -0.39 is 11.9 Å². The molecule has 1 N–H and O–H groups in total. The van der Waals surface area contributed by atoms with Crippen molar-refractivity contribution in [2.45, 2.75) is 39.3 Å². The van der Waals surface area contributed by atoms with E-state index in [-0.39, 0.29) is 31.4 Å². The summed E-state index contributed by atoms with van der Waals surface area (Å²) in [6, 6.07) is 18.0. The van der Waals surface area contributed by atoms with Crippen molar-refractivity contribution in [2.75, 3.05) is 6.61 Å². The molecular formula is C29H28ClN3O4. The van der Waals surface area contributed by atoms with Crippen LogP contribution in [0.15, 0.2) is 84.3 Å². The van der Waals surface area contributed by atoms with E-state index in [1.807, 2.05) is 30.3 Å². The number of allylic oxidation sites excluding steroid dienone is 1. The Morgan fingerprint density at radius 1 is 1.11 bits per heavy atom. The van der Waals surface area contributed by atoms with Crippen LogP contribution >= 0.6 is 11.6 Å². The number of nitrogens with one attached hydrogen (secondary N) is 1. The zero-order valence-corrected chi connectivity index (χ0v) is 21.5. The topological polar surface area (TPSA) is 88.6 Å². The molecule has 0 radical (unpaired) electrons. The third kappa shape index (κ3) is 6.24. The van der Waals surface area contributed by atoms with Gasteiger partial charge in [0, 0.05) is 47.6 Å². The predicted molar refractivity (Wildman–Crippen MR) is 141 cm³/mol. The lowest BCUT2D eigenvalue weighted by molar-refractivity contribution is -0.140. The maximum atomic E-state index is 13.2. The van der Waals surface area contributed by atoms with Crippen molar-refractivity contribution in [2.24, 2.45) is 0 Å². The minimum Gasteiger partial charge on any atom is -0.463 e. The first kappa shape index (κ1) is 26.1. The molecule has 1 aliphatic rings. The normalized spacial score (nSPS) is 15.5. The Morgan fingerprint density at radius 2 is 1.89 bits per heavy atom. The SMILES string of the molecule is CCOC(=O)C1=C(C)N(Cc2ccc(C(=O)NCc3cccnc3)cc2)C(=O)CC1c1cccc(Cl)c1. The largest absolute Gasteiger partial charge is 0.463 e. The van der Waals surface area contributed by atoms with Crippen LogP contribution in [-0.4, -0.2) is 34.3 Å². The number of nitrogens with zero attached hydrogens (tertiary/aromatic N) is 2. The number of hydrogen-bond acceptors (Lipinski definition) is 5. The van der Waals surface area contributed by atoms with Gasteiger partial charge in [0.2, 0.25) is 5.91 Å². The lowest BCUT2D eigenvalue weighted by Crippen LogP contribution is -2.38. The number of amides is 2. The van der Waals surface area contributed by atoms with Crippen LogP contribution in [0.2, 0.25) is 5.02 Å². The number of rotatable bonds is 8. The summed E-state index contributed by atoms with van der Waals surface area (Å²) in [6.45, 7) is 4.40. The van der Waals surface area contributed by atoms with Gasteiger partial charge in [-0.25, -0.2) is 4.79 Å². The van der Waals surface area contributed by atoms with Crippen LogP contribution in [0.4, 0.5) is 0 Å². The molecule has 2 amide bonds. The molecule has 37 heavy (non-hydrogen) atoms.